The molecule has 0 aliphatic carbocycles. The van der Waals surface area contributed by atoms with Crippen molar-refractivity contribution in [2.45, 2.75) is 25.3 Å². The van der Waals surface area contributed by atoms with Crippen LogP contribution in [0, 0.1) is 0 Å². The Kier molecular flexibility index (Phi) is 4.35. The first kappa shape index (κ1) is 13.5. The Balaban J connectivity index is 3.15. The molecule has 1 aromatic heterocycles. The van der Waals surface area contributed by atoms with Crippen LogP contribution in [-0.2, 0) is 17.1 Å². The molecule has 0 spiro atoms. The summed E-state index contributed by atoms with van der Waals surface area (Å²) in [5.74, 6) is 0. The maximum Gasteiger partial charge on any atom is 0.263 e. The molecule has 0 aliphatic heterocycles. The first-order chi connectivity index (χ1) is 7.45. The molecular formula is C9H16ClN3O2S. The molecule has 1 aromatic rings. The number of nitrogens with zero attached hydrogens (tertiary/aromatic N) is 3. The smallest absolute Gasteiger partial charge is 0.263 e. The molecule has 0 atom stereocenters. The van der Waals surface area contributed by atoms with E-state index in [9.17, 15) is 8.42 Å². The maximum absolute atomic E-state index is 12.2. The molecular weight excluding hydrogens is 250 g/mol. The molecule has 5 nitrogen and oxygen atoms in total. The van der Waals surface area contributed by atoms with Gasteiger partial charge in [-0.3, -0.25) is 0 Å². The number of imidazole rings is 1. The number of halogens is 1. The van der Waals surface area contributed by atoms with E-state index in [1.54, 1.807) is 14.0 Å². The summed E-state index contributed by atoms with van der Waals surface area (Å²) in [6.07, 6.45) is 2.16. The topological polar surface area (TPSA) is 55.2 Å². The summed E-state index contributed by atoms with van der Waals surface area (Å²) < 4.78 is 27.2. The lowest BCUT2D eigenvalue weighted by Crippen LogP contribution is -2.32. The lowest BCUT2D eigenvalue weighted by molar-refractivity contribution is 0.425. The van der Waals surface area contributed by atoms with Gasteiger partial charge in [0, 0.05) is 20.1 Å². The summed E-state index contributed by atoms with van der Waals surface area (Å²) >= 11 is 5.89. The Morgan fingerprint density at radius 3 is 2.50 bits per heavy atom. The number of aryl methyl sites for hydroxylation is 1. The highest BCUT2D eigenvalue weighted by atomic mass is 35.5. The highest BCUT2D eigenvalue weighted by Gasteiger charge is 2.28. The molecule has 0 unspecified atom stereocenters. The van der Waals surface area contributed by atoms with Crippen LogP contribution >= 0.6 is 11.6 Å². The van der Waals surface area contributed by atoms with E-state index in [1.807, 2.05) is 6.92 Å². The van der Waals surface area contributed by atoms with Crippen LogP contribution < -0.4 is 0 Å². The summed E-state index contributed by atoms with van der Waals surface area (Å²) in [4.78, 5) is 3.84. The van der Waals surface area contributed by atoms with Gasteiger partial charge in [0.25, 0.3) is 10.0 Å². The molecule has 0 amide bonds. The molecule has 0 saturated carbocycles. The van der Waals surface area contributed by atoms with E-state index in [1.165, 1.54) is 15.2 Å². The van der Waals surface area contributed by atoms with E-state index >= 15 is 0 Å². The van der Waals surface area contributed by atoms with E-state index < -0.39 is 10.0 Å². The molecule has 0 bridgehead atoms. The van der Waals surface area contributed by atoms with Crippen molar-refractivity contribution in [2.24, 2.45) is 7.05 Å². The van der Waals surface area contributed by atoms with Gasteiger partial charge >= 0.3 is 0 Å². The first-order valence-electron chi connectivity index (χ1n) is 5.12. The van der Waals surface area contributed by atoms with Crippen molar-refractivity contribution >= 4 is 21.6 Å². The minimum atomic E-state index is -3.55. The van der Waals surface area contributed by atoms with Crippen molar-refractivity contribution in [3.8, 4) is 0 Å². The van der Waals surface area contributed by atoms with E-state index in [2.05, 4.69) is 4.98 Å². The summed E-state index contributed by atoms with van der Waals surface area (Å²) in [6.45, 7) is 4.62. The maximum atomic E-state index is 12.2. The number of rotatable bonds is 5. The number of hydrogen-bond donors (Lipinski definition) is 0. The van der Waals surface area contributed by atoms with Crippen molar-refractivity contribution in [1.82, 2.24) is 13.9 Å². The summed E-state index contributed by atoms with van der Waals surface area (Å²) in [7, 11) is -1.90. The first-order valence-corrected chi connectivity index (χ1v) is 6.93. The third kappa shape index (κ3) is 2.39. The third-order valence-electron chi connectivity index (χ3n) is 2.24. The van der Waals surface area contributed by atoms with Crippen LogP contribution in [0.1, 0.15) is 20.3 Å². The summed E-state index contributed by atoms with van der Waals surface area (Å²) in [5.41, 5.74) is 0. The van der Waals surface area contributed by atoms with Gasteiger partial charge < -0.3 is 4.57 Å². The standard InChI is InChI=1S/C9H16ClN3O2S/c1-4-6-13(5-2)16(14,15)9-8(10)12(3)7-11-9/h7H,4-6H2,1-3H3. The molecule has 0 aromatic carbocycles. The van der Waals surface area contributed by atoms with Crippen LogP contribution in [0.25, 0.3) is 0 Å². The van der Waals surface area contributed by atoms with Gasteiger partial charge in [0.1, 0.15) is 5.15 Å². The zero-order valence-electron chi connectivity index (χ0n) is 9.64. The molecule has 1 heterocycles. The molecule has 0 aliphatic rings. The zero-order valence-corrected chi connectivity index (χ0v) is 11.2. The average molecular weight is 266 g/mol. The van der Waals surface area contributed by atoms with Gasteiger partial charge in [-0.15, -0.1) is 0 Å². The second-order valence-corrected chi connectivity index (χ2v) is 5.66. The molecule has 0 radical (unpaired) electrons. The molecule has 7 heteroatoms. The second kappa shape index (κ2) is 5.16. The van der Waals surface area contributed by atoms with Gasteiger partial charge in [-0.25, -0.2) is 13.4 Å². The fourth-order valence-corrected chi connectivity index (χ4v) is 3.32. The van der Waals surface area contributed by atoms with Crippen LogP contribution in [0.15, 0.2) is 11.4 Å². The van der Waals surface area contributed by atoms with Crippen LogP contribution in [0.2, 0.25) is 5.15 Å². The van der Waals surface area contributed by atoms with Gasteiger partial charge in [-0.2, -0.15) is 4.31 Å². The van der Waals surface area contributed by atoms with Gasteiger partial charge in [0.15, 0.2) is 0 Å². The normalized spacial score (nSPS) is 12.3. The Morgan fingerprint density at radius 2 is 2.12 bits per heavy atom. The van der Waals surface area contributed by atoms with E-state index in [-0.39, 0.29) is 10.2 Å². The second-order valence-electron chi connectivity index (χ2n) is 3.45. The van der Waals surface area contributed by atoms with Gasteiger partial charge in [-0.1, -0.05) is 25.4 Å². The van der Waals surface area contributed by atoms with Crippen molar-refractivity contribution in [1.29, 1.82) is 0 Å². The highest BCUT2D eigenvalue weighted by Crippen LogP contribution is 2.22. The van der Waals surface area contributed by atoms with Crippen molar-refractivity contribution < 1.29 is 8.42 Å². The SMILES string of the molecule is CCCN(CC)S(=O)(=O)c1ncn(C)c1Cl. The predicted octanol–water partition coefficient (Wildman–Crippen LogP) is 1.49. The minimum absolute atomic E-state index is 0.0630. The molecule has 0 N–H and O–H groups in total. The van der Waals surface area contributed by atoms with Crippen molar-refractivity contribution in [3.63, 3.8) is 0 Å². The van der Waals surface area contributed by atoms with Crippen LogP contribution in [0.3, 0.4) is 0 Å². The van der Waals surface area contributed by atoms with Gasteiger partial charge in [0.05, 0.1) is 6.33 Å². The van der Waals surface area contributed by atoms with Gasteiger partial charge in [-0.05, 0) is 6.42 Å². The highest BCUT2D eigenvalue weighted by molar-refractivity contribution is 7.89. The monoisotopic (exact) mass is 265 g/mol. The Bertz CT molecular complexity index is 455. The van der Waals surface area contributed by atoms with E-state index in [4.69, 9.17) is 11.6 Å². The largest absolute Gasteiger partial charge is 0.324 e. The van der Waals surface area contributed by atoms with Gasteiger partial charge in [0.2, 0.25) is 5.03 Å². The number of hydrogen-bond acceptors (Lipinski definition) is 3. The van der Waals surface area contributed by atoms with Crippen LogP contribution in [0.4, 0.5) is 0 Å². The van der Waals surface area contributed by atoms with Crippen LogP contribution in [-0.4, -0.2) is 35.4 Å². The lowest BCUT2D eigenvalue weighted by Gasteiger charge is -2.18. The minimum Gasteiger partial charge on any atom is -0.324 e. The summed E-state index contributed by atoms with van der Waals surface area (Å²) in [5, 5.41) is 0.0847. The molecule has 92 valence electrons. The molecule has 0 saturated heterocycles. The fraction of sp³-hybridized carbons (Fsp3) is 0.667. The fourth-order valence-electron chi connectivity index (χ4n) is 1.39. The Hall–Kier alpha value is -0.590. The lowest BCUT2D eigenvalue weighted by atomic mass is 10.5. The van der Waals surface area contributed by atoms with E-state index in [0.717, 1.165) is 6.42 Å². The van der Waals surface area contributed by atoms with Crippen molar-refractivity contribution in [3.05, 3.63) is 11.5 Å². The average Bonchev–Trinajstić information content (AvgIpc) is 2.56. The Morgan fingerprint density at radius 1 is 1.50 bits per heavy atom. The number of sulfonamides is 1. The molecule has 1 rings (SSSR count). The predicted molar refractivity (Wildman–Crippen MR) is 62.9 cm³/mol. The number of aromatic nitrogens is 2. The third-order valence-corrected chi connectivity index (χ3v) is 4.71. The zero-order chi connectivity index (χ0) is 12.3. The molecule has 16 heavy (non-hydrogen) atoms. The summed E-state index contributed by atoms with van der Waals surface area (Å²) in [6, 6.07) is 0. The van der Waals surface area contributed by atoms with Crippen molar-refractivity contribution in [2.75, 3.05) is 13.1 Å². The van der Waals surface area contributed by atoms with E-state index in [0.29, 0.717) is 13.1 Å². The molecule has 0 fully saturated rings. The Labute approximate surface area is 101 Å². The quantitative estimate of drug-likeness (QED) is 0.811. The van der Waals surface area contributed by atoms with Crippen LogP contribution in [0.5, 0.6) is 0 Å².